The third-order valence-corrected chi connectivity index (χ3v) is 3.35. The van der Waals surface area contributed by atoms with Crippen molar-refractivity contribution in [3.63, 3.8) is 0 Å². The molecule has 0 unspecified atom stereocenters. The second-order valence-electron chi connectivity index (χ2n) is 5.55. The molecule has 0 aliphatic heterocycles. The Hall–Kier alpha value is -1.30. The fraction of sp³-hybridized carbons (Fsp3) is 0.429. The van der Waals surface area contributed by atoms with Gasteiger partial charge < -0.3 is 15.6 Å². The number of benzene rings is 1. The van der Waals surface area contributed by atoms with Gasteiger partial charge >= 0.3 is 11.9 Å². The molecule has 0 aliphatic carbocycles. The smallest absolute Gasteiger partial charge is 0.321 e. The van der Waals surface area contributed by atoms with Gasteiger partial charge in [0, 0.05) is 0 Å². The van der Waals surface area contributed by atoms with Crippen molar-refractivity contribution in [2.24, 2.45) is 5.73 Å². The predicted molar refractivity (Wildman–Crippen MR) is 80.7 cm³/mol. The molecular weight excluding hydrogens is 317 g/mol. The van der Waals surface area contributed by atoms with E-state index in [2.05, 4.69) is 0 Å². The molecule has 0 amide bonds. The first-order valence-corrected chi connectivity index (χ1v) is 6.94. The van der Waals surface area contributed by atoms with Gasteiger partial charge in [-0.05, 0) is 38.5 Å². The quantitative estimate of drug-likeness (QED) is 0.827. The Bertz CT molecular complexity index is 554. The SMILES string of the molecule is CC(C)(C)OC(=O)[C@@H](c1ccc(Cl)c(Cl)c1)[C@@H](N)C(=O)O. The minimum atomic E-state index is -1.45. The van der Waals surface area contributed by atoms with Crippen LogP contribution < -0.4 is 5.73 Å². The van der Waals surface area contributed by atoms with Gasteiger partial charge in [-0.15, -0.1) is 0 Å². The van der Waals surface area contributed by atoms with Crippen molar-refractivity contribution in [1.29, 1.82) is 0 Å². The van der Waals surface area contributed by atoms with E-state index in [-0.39, 0.29) is 5.02 Å². The van der Waals surface area contributed by atoms with E-state index in [1.165, 1.54) is 18.2 Å². The molecule has 2 atom stereocenters. The number of hydrogen-bond acceptors (Lipinski definition) is 4. The summed E-state index contributed by atoms with van der Waals surface area (Å²) < 4.78 is 5.24. The Morgan fingerprint density at radius 1 is 1.24 bits per heavy atom. The number of carbonyl (C=O) groups is 2. The van der Waals surface area contributed by atoms with Crippen LogP contribution in [0.2, 0.25) is 10.0 Å². The number of halogens is 2. The molecular formula is C14H17Cl2NO4. The normalized spacial score (nSPS) is 14.4. The predicted octanol–water partition coefficient (Wildman–Crippen LogP) is 2.83. The first kappa shape index (κ1) is 17.8. The van der Waals surface area contributed by atoms with Gasteiger partial charge in [0.15, 0.2) is 0 Å². The molecule has 1 rings (SSSR count). The van der Waals surface area contributed by atoms with E-state index in [9.17, 15) is 9.59 Å². The Labute approximate surface area is 133 Å². The van der Waals surface area contributed by atoms with Gasteiger partial charge in [0.2, 0.25) is 0 Å². The van der Waals surface area contributed by atoms with Gasteiger partial charge in [-0.2, -0.15) is 0 Å². The van der Waals surface area contributed by atoms with Crippen molar-refractivity contribution in [2.75, 3.05) is 0 Å². The molecule has 0 bridgehead atoms. The zero-order valence-corrected chi connectivity index (χ0v) is 13.4. The number of hydrogen-bond donors (Lipinski definition) is 2. The first-order chi connectivity index (χ1) is 9.53. The van der Waals surface area contributed by atoms with Crippen molar-refractivity contribution < 1.29 is 19.4 Å². The molecule has 0 heterocycles. The topological polar surface area (TPSA) is 89.6 Å². The lowest BCUT2D eigenvalue weighted by Gasteiger charge is -2.26. The van der Waals surface area contributed by atoms with Gasteiger partial charge in [-0.1, -0.05) is 29.3 Å². The lowest BCUT2D eigenvalue weighted by Crippen LogP contribution is -2.42. The zero-order chi connectivity index (χ0) is 16.4. The number of esters is 1. The highest BCUT2D eigenvalue weighted by atomic mass is 35.5. The van der Waals surface area contributed by atoms with Crippen LogP contribution in [0.25, 0.3) is 0 Å². The van der Waals surface area contributed by atoms with Crippen LogP contribution in [0.4, 0.5) is 0 Å². The lowest BCUT2D eigenvalue weighted by atomic mass is 9.91. The van der Waals surface area contributed by atoms with Crippen molar-refractivity contribution in [3.05, 3.63) is 33.8 Å². The van der Waals surface area contributed by atoms with E-state index in [1.54, 1.807) is 20.8 Å². The van der Waals surface area contributed by atoms with E-state index < -0.39 is 29.5 Å². The van der Waals surface area contributed by atoms with Crippen LogP contribution in [0.3, 0.4) is 0 Å². The van der Waals surface area contributed by atoms with Gasteiger partial charge in [0.05, 0.1) is 10.0 Å². The molecule has 1 aromatic carbocycles. The second-order valence-corrected chi connectivity index (χ2v) is 6.36. The molecule has 0 saturated heterocycles. The van der Waals surface area contributed by atoms with Crippen LogP contribution in [-0.2, 0) is 14.3 Å². The molecule has 0 aliphatic rings. The van der Waals surface area contributed by atoms with Gasteiger partial charge in [-0.3, -0.25) is 9.59 Å². The van der Waals surface area contributed by atoms with Crippen LogP contribution >= 0.6 is 23.2 Å². The van der Waals surface area contributed by atoms with Crippen molar-refractivity contribution in [2.45, 2.75) is 38.3 Å². The molecule has 0 radical (unpaired) electrons. The van der Waals surface area contributed by atoms with Crippen LogP contribution in [0, 0.1) is 0 Å². The summed E-state index contributed by atoms with van der Waals surface area (Å²) in [5.74, 6) is -3.20. The average Bonchev–Trinajstić information content (AvgIpc) is 2.31. The summed E-state index contributed by atoms with van der Waals surface area (Å²) >= 11 is 11.7. The van der Waals surface area contributed by atoms with Gasteiger partial charge in [0.25, 0.3) is 0 Å². The number of ether oxygens (including phenoxy) is 1. The van der Waals surface area contributed by atoms with Gasteiger partial charge in [0.1, 0.15) is 17.6 Å². The maximum atomic E-state index is 12.3. The maximum Gasteiger partial charge on any atom is 0.321 e. The van der Waals surface area contributed by atoms with Crippen LogP contribution in [0.15, 0.2) is 18.2 Å². The van der Waals surface area contributed by atoms with E-state index in [0.29, 0.717) is 10.6 Å². The molecule has 0 saturated carbocycles. The Balaban J connectivity index is 3.22. The van der Waals surface area contributed by atoms with Crippen LogP contribution in [0.5, 0.6) is 0 Å². The molecule has 0 fully saturated rings. The summed E-state index contributed by atoms with van der Waals surface area (Å²) in [7, 11) is 0. The Morgan fingerprint density at radius 3 is 2.24 bits per heavy atom. The zero-order valence-electron chi connectivity index (χ0n) is 11.9. The van der Waals surface area contributed by atoms with Crippen LogP contribution in [0.1, 0.15) is 32.3 Å². The molecule has 7 heteroatoms. The largest absolute Gasteiger partial charge is 0.480 e. The molecule has 0 spiro atoms. The molecule has 0 aromatic heterocycles. The standard InChI is InChI=1S/C14H17Cl2NO4/c1-14(2,3)21-13(20)10(11(17)12(18)19)7-4-5-8(15)9(16)6-7/h4-6,10-11H,17H2,1-3H3,(H,18,19)/t10-,11+/m0/s1. The summed E-state index contributed by atoms with van der Waals surface area (Å²) in [6.45, 7) is 5.05. The summed E-state index contributed by atoms with van der Waals surface area (Å²) in [6.07, 6.45) is 0. The average molecular weight is 334 g/mol. The summed E-state index contributed by atoms with van der Waals surface area (Å²) in [6, 6.07) is 2.95. The Kier molecular flexibility index (Phi) is 5.61. The van der Waals surface area contributed by atoms with E-state index in [0.717, 1.165) is 0 Å². The monoisotopic (exact) mass is 333 g/mol. The number of carbonyl (C=O) groups excluding carboxylic acids is 1. The molecule has 5 nitrogen and oxygen atoms in total. The summed E-state index contributed by atoms with van der Waals surface area (Å²) in [5, 5.41) is 9.60. The fourth-order valence-corrected chi connectivity index (χ4v) is 2.01. The highest BCUT2D eigenvalue weighted by Gasteiger charge is 2.35. The second kappa shape index (κ2) is 6.64. The number of carboxylic acids is 1. The van der Waals surface area contributed by atoms with E-state index in [1.807, 2.05) is 0 Å². The fourth-order valence-electron chi connectivity index (χ4n) is 1.70. The maximum absolute atomic E-state index is 12.3. The molecule has 21 heavy (non-hydrogen) atoms. The van der Waals surface area contributed by atoms with E-state index in [4.69, 9.17) is 38.8 Å². The molecule has 116 valence electrons. The third kappa shape index (κ3) is 4.88. The van der Waals surface area contributed by atoms with Gasteiger partial charge in [-0.25, -0.2) is 0 Å². The van der Waals surface area contributed by atoms with Crippen molar-refractivity contribution in [1.82, 2.24) is 0 Å². The lowest BCUT2D eigenvalue weighted by molar-refractivity contribution is -0.160. The van der Waals surface area contributed by atoms with Crippen molar-refractivity contribution >= 4 is 35.1 Å². The minimum Gasteiger partial charge on any atom is -0.480 e. The minimum absolute atomic E-state index is 0.209. The summed E-state index contributed by atoms with van der Waals surface area (Å²) in [4.78, 5) is 23.4. The molecule has 1 aromatic rings. The third-order valence-electron chi connectivity index (χ3n) is 2.61. The van der Waals surface area contributed by atoms with Crippen molar-refractivity contribution in [3.8, 4) is 0 Å². The number of carboxylic acid groups (broad SMARTS) is 1. The molecule has 3 N–H and O–H groups in total. The van der Waals surface area contributed by atoms with E-state index >= 15 is 0 Å². The summed E-state index contributed by atoms with van der Waals surface area (Å²) in [5.41, 5.74) is 5.21. The number of nitrogens with two attached hydrogens (primary N) is 1. The highest BCUT2D eigenvalue weighted by molar-refractivity contribution is 6.42. The van der Waals surface area contributed by atoms with Crippen LogP contribution in [-0.4, -0.2) is 28.7 Å². The Morgan fingerprint density at radius 2 is 1.81 bits per heavy atom. The highest BCUT2D eigenvalue weighted by Crippen LogP contribution is 2.29. The number of aliphatic carboxylic acids is 1. The number of rotatable bonds is 4. The first-order valence-electron chi connectivity index (χ1n) is 6.19.